The maximum Gasteiger partial charge on any atom is 0.161 e. The maximum atomic E-state index is 5.82. The fourth-order valence-corrected chi connectivity index (χ4v) is 2.45. The van der Waals surface area contributed by atoms with Gasteiger partial charge < -0.3 is 19.9 Å². The Hall–Kier alpha value is -2.53. The molecule has 0 aliphatic rings. The summed E-state index contributed by atoms with van der Waals surface area (Å²) in [6.07, 6.45) is 2.63. The first kappa shape index (κ1) is 18.8. The molecule has 0 saturated heterocycles. The molecule has 0 saturated carbocycles. The van der Waals surface area contributed by atoms with Gasteiger partial charge in [0.15, 0.2) is 11.5 Å². The second-order valence-electron chi connectivity index (χ2n) is 5.26. The second-order valence-corrected chi connectivity index (χ2v) is 5.70. The van der Waals surface area contributed by atoms with Crippen LogP contribution in [0.1, 0.15) is 18.1 Å². The lowest BCUT2D eigenvalue weighted by Crippen LogP contribution is -2.12. The van der Waals surface area contributed by atoms with E-state index in [0.717, 1.165) is 23.3 Å². The lowest BCUT2D eigenvalue weighted by Gasteiger charge is -2.14. The third kappa shape index (κ3) is 5.50. The van der Waals surface area contributed by atoms with Gasteiger partial charge in [0.1, 0.15) is 24.0 Å². The lowest BCUT2D eigenvalue weighted by atomic mass is 10.1. The van der Waals surface area contributed by atoms with Gasteiger partial charge in [-0.05, 0) is 43.2 Å². The summed E-state index contributed by atoms with van der Waals surface area (Å²) in [6, 6.07) is 13.3. The zero-order chi connectivity index (χ0) is 18.1. The Morgan fingerprint density at radius 2 is 1.76 bits per heavy atom. The molecule has 2 aromatic rings. The molecule has 0 amide bonds. The van der Waals surface area contributed by atoms with Crippen LogP contribution in [0.5, 0.6) is 17.2 Å². The Kier molecular flexibility index (Phi) is 7.29. The molecule has 2 aromatic carbocycles. The van der Waals surface area contributed by atoms with Crippen molar-refractivity contribution in [3.63, 3.8) is 0 Å². The van der Waals surface area contributed by atoms with E-state index in [9.17, 15) is 0 Å². The van der Waals surface area contributed by atoms with E-state index in [2.05, 4.69) is 6.58 Å². The standard InChI is InChI=1S/C20H23NO3S/c1-3-7-15-8-5-6-9-17(15)23-12-13-24-18-11-10-16(20(21)25)14-19(18)22-4-2/h3,5-6,8-11,14H,1,4,7,12-13H2,2H3,(H2,21,25). The van der Waals surface area contributed by atoms with Crippen LogP contribution >= 0.6 is 12.2 Å². The van der Waals surface area contributed by atoms with E-state index < -0.39 is 0 Å². The first-order valence-corrected chi connectivity index (χ1v) is 8.57. The fraction of sp³-hybridized carbons (Fsp3) is 0.250. The number of benzene rings is 2. The van der Waals surface area contributed by atoms with E-state index in [1.54, 1.807) is 6.07 Å². The molecule has 0 spiro atoms. The van der Waals surface area contributed by atoms with Crippen LogP contribution in [0, 0.1) is 0 Å². The van der Waals surface area contributed by atoms with Crippen molar-refractivity contribution in [2.45, 2.75) is 13.3 Å². The first-order chi connectivity index (χ1) is 12.2. The monoisotopic (exact) mass is 357 g/mol. The van der Waals surface area contributed by atoms with Crippen molar-refractivity contribution in [1.29, 1.82) is 0 Å². The summed E-state index contributed by atoms with van der Waals surface area (Å²) >= 11 is 5.00. The fourth-order valence-electron chi connectivity index (χ4n) is 2.32. The highest BCUT2D eigenvalue weighted by Crippen LogP contribution is 2.28. The SMILES string of the molecule is C=CCc1ccccc1OCCOc1ccc(C(N)=S)cc1OCC. The third-order valence-electron chi connectivity index (χ3n) is 3.46. The van der Waals surface area contributed by atoms with Crippen LogP contribution in [0.3, 0.4) is 0 Å². The molecule has 25 heavy (non-hydrogen) atoms. The minimum atomic E-state index is 0.328. The molecule has 2 rings (SSSR count). The van der Waals surface area contributed by atoms with Crippen molar-refractivity contribution in [2.75, 3.05) is 19.8 Å². The number of allylic oxidation sites excluding steroid dienone is 1. The molecule has 0 radical (unpaired) electrons. The van der Waals surface area contributed by atoms with Gasteiger partial charge >= 0.3 is 0 Å². The zero-order valence-electron chi connectivity index (χ0n) is 14.4. The highest BCUT2D eigenvalue weighted by atomic mass is 32.1. The van der Waals surface area contributed by atoms with Gasteiger partial charge in [0.25, 0.3) is 0 Å². The van der Waals surface area contributed by atoms with Gasteiger partial charge in [-0.15, -0.1) is 6.58 Å². The molecule has 5 heteroatoms. The molecule has 0 aliphatic heterocycles. The summed E-state index contributed by atoms with van der Waals surface area (Å²) in [5.41, 5.74) is 7.52. The molecule has 0 fully saturated rings. The molecule has 0 aliphatic carbocycles. The number of hydrogen-bond acceptors (Lipinski definition) is 4. The van der Waals surface area contributed by atoms with Gasteiger partial charge in [0.2, 0.25) is 0 Å². The van der Waals surface area contributed by atoms with Crippen LogP contribution < -0.4 is 19.9 Å². The molecule has 0 heterocycles. The number of rotatable bonds is 10. The van der Waals surface area contributed by atoms with Crippen molar-refractivity contribution in [3.8, 4) is 17.2 Å². The summed E-state index contributed by atoms with van der Waals surface area (Å²) < 4.78 is 17.2. The number of para-hydroxylation sites is 1. The van der Waals surface area contributed by atoms with E-state index >= 15 is 0 Å². The second kappa shape index (κ2) is 9.69. The molecule has 0 bridgehead atoms. The molecule has 2 N–H and O–H groups in total. The van der Waals surface area contributed by atoms with Crippen LogP contribution in [-0.4, -0.2) is 24.8 Å². The average molecular weight is 357 g/mol. The Morgan fingerprint density at radius 3 is 2.44 bits per heavy atom. The van der Waals surface area contributed by atoms with Crippen LogP contribution in [0.25, 0.3) is 0 Å². The van der Waals surface area contributed by atoms with Gasteiger partial charge in [-0.1, -0.05) is 36.5 Å². The minimum absolute atomic E-state index is 0.328. The van der Waals surface area contributed by atoms with Gasteiger partial charge in [-0.25, -0.2) is 0 Å². The maximum absolute atomic E-state index is 5.82. The van der Waals surface area contributed by atoms with E-state index in [-0.39, 0.29) is 0 Å². The average Bonchev–Trinajstić information content (AvgIpc) is 2.61. The summed E-state index contributed by atoms with van der Waals surface area (Å²) in [7, 11) is 0. The van der Waals surface area contributed by atoms with Crippen molar-refractivity contribution in [2.24, 2.45) is 5.73 Å². The van der Waals surface area contributed by atoms with Gasteiger partial charge in [0, 0.05) is 5.56 Å². The molecular weight excluding hydrogens is 334 g/mol. The van der Waals surface area contributed by atoms with Crippen molar-refractivity contribution >= 4 is 17.2 Å². The van der Waals surface area contributed by atoms with Crippen LogP contribution in [0.4, 0.5) is 0 Å². The Labute approximate surface area is 154 Å². The number of nitrogens with two attached hydrogens (primary N) is 1. The molecule has 0 atom stereocenters. The van der Waals surface area contributed by atoms with Crippen LogP contribution in [-0.2, 0) is 6.42 Å². The Morgan fingerprint density at radius 1 is 1.04 bits per heavy atom. The highest BCUT2D eigenvalue weighted by molar-refractivity contribution is 7.80. The molecular formula is C20H23NO3S. The normalized spacial score (nSPS) is 10.1. The number of thiocarbonyl (C=S) groups is 1. The topological polar surface area (TPSA) is 53.7 Å². The van der Waals surface area contributed by atoms with E-state index in [1.807, 2.05) is 49.4 Å². The van der Waals surface area contributed by atoms with E-state index in [4.69, 9.17) is 32.2 Å². The highest BCUT2D eigenvalue weighted by Gasteiger charge is 2.08. The van der Waals surface area contributed by atoms with Crippen molar-refractivity contribution in [3.05, 3.63) is 66.2 Å². The van der Waals surface area contributed by atoms with Gasteiger partial charge in [-0.3, -0.25) is 0 Å². The van der Waals surface area contributed by atoms with E-state index in [0.29, 0.717) is 36.3 Å². The third-order valence-corrected chi connectivity index (χ3v) is 3.70. The lowest BCUT2D eigenvalue weighted by molar-refractivity contribution is 0.207. The molecule has 0 aromatic heterocycles. The smallest absolute Gasteiger partial charge is 0.161 e. The van der Waals surface area contributed by atoms with Crippen LogP contribution in [0.2, 0.25) is 0 Å². The first-order valence-electron chi connectivity index (χ1n) is 8.16. The van der Waals surface area contributed by atoms with E-state index in [1.165, 1.54) is 0 Å². The summed E-state index contributed by atoms with van der Waals surface area (Å²) in [4.78, 5) is 0.328. The Balaban J connectivity index is 1.95. The Bertz CT molecular complexity index is 731. The van der Waals surface area contributed by atoms with Crippen molar-refractivity contribution in [1.82, 2.24) is 0 Å². The molecule has 0 unspecified atom stereocenters. The summed E-state index contributed by atoms with van der Waals surface area (Å²) in [5.74, 6) is 2.12. The van der Waals surface area contributed by atoms with Gasteiger partial charge in [0.05, 0.1) is 6.61 Å². The summed E-state index contributed by atoms with van der Waals surface area (Å²) in [5, 5.41) is 0. The predicted molar refractivity (Wildman–Crippen MR) is 105 cm³/mol. The molecule has 4 nitrogen and oxygen atoms in total. The largest absolute Gasteiger partial charge is 0.490 e. The van der Waals surface area contributed by atoms with Crippen LogP contribution in [0.15, 0.2) is 55.1 Å². The number of ether oxygens (including phenoxy) is 3. The minimum Gasteiger partial charge on any atom is -0.490 e. The van der Waals surface area contributed by atoms with Gasteiger partial charge in [-0.2, -0.15) is 0 Å². The predicted octanol–water partition coefficient (Wildman–Crippen LogP) is 3.91. The van der Waals surface area contributed by atoms with Crippen molar-refractivity contribution < 1.29 is 14.2 Å². The molecule has 132 valence electrons. The summed E-state index contributed by atoms with van der Waals surface area (Å²) in [6.45, 7) is 7.04. The zero-order valence-corrected chi connectivity index (χ0v) is 15.2. The quantitative estimate of drug-likeness (QED) is 0.397. The number of hydrogen-bond donors (Lipinski definition) is 1.